The van der Waals surface area contributed by atoms with Gasteiger partial charge in [-0.25, -0.2) is 9.59 Å². The van der Waals surface area contributed by atoms with E-state index in [9.17, 15) is 4.79 Å². The Morgan fingerprint density at radius 1 is 1.14 bits per heavy atom. The van der Waals surface area contributed by atoms with Gasteiger partial charge in [0.1, 0.15) is 0 Å². The van der Waals surface area contributed by atoms with Crippen molar-refractivity contribution in [2.24, 2.45) is 0 Å². The number of carboxylic acids is 2. The van der Waals surface area contributed by atoms with Crippen LogP contribution in [0.25, 0.3) is 0 Å². The monoisotopic (exact) mass is 206 g/mol. The number of amides is 1. The molecule has 82 valence electrons. The van der Waals surface area contributed by atoms with E-state index in [1.807, 2.05) is 0 Å². The number of likely N-dealkylation sites (N-methyl/N-ethyl adjacent to an activating group) is 2. The lowest BCUT2D eigenvalue weighted by molar-refractivity contribution is -0.159. The molecule has 0 aliphatic carbocycles. The molecule has 14 heavy (non-hydrogen) atoms. The van der Waals surface area contributed by atoms with E-state index in [4.69, 9.17) is 19.8 Å². The molecule has 0 radical (unpaired) electrons. The van der Waals surface area contributed by atoms with Gasteiger partial charge in [0.15, 0.2) is 0 Å². The van der Waals surface area contributed by atoms with E-state index in [1.165, 1.54) is 0 Å². The number of hydrogen-bond donors (Lipinski definition) is 3. The van der Waals surface area contributed by atoms with E-state index >= 15 is 0 Å². The third-order valence-electron chi connectivity index (χ3n) is 1.01. The highest BCUT2D eigenvalue weighted by Gasteiger charge is 2.04. The Bertz CT molecular complexity index is 202. The molecule has 7 nitrogen and oxygen atoms in total. The molecule has 0 bridgehead atoms. The minimum absolute atomic E-state index is 0.104. The Morgan fingerprint density at radius 2 is 1.50 bits per heavy atom. The smallest absolute Gasteiger partial charge is 0.414 e. The first kappa shape index (κ1) is 14.9. The van der Waals surface area contributed by atoms with Crippen LogP contribution in [0.5, 0.6) is 0 Å². The molecule has 0 aliphatic rings. The lowest BCUT2D eigenvalue weighted by Gasteiger charge is -2.07. The average molecular weight is 206 g/mol. The number of nitrogens with zero attached hydrogens (tertiary/aromatic N) is 1. The predicted molar refractivity (Wildman–Crippen MR) is 47.9 cm³/mol. The molecule has 1 amide bonds. The fraction of sp³-hybridized carbons (Fsp3) is 0.571. The maximum atomic E-state index is 10.6. The fourth-order valence-corrected chi connectivity index (χ4v) is 0.309. The van der Waals surface area contributed by atoms with E-state index in [1.54, 1.807) is 26.0 Å². The molecular weight excluding hydrogens is 192 g/mol. The standard InChI is InChI=1S/C5H12N2O.C2H2O4/c1-6-4-5(8)7(2)3;3-1(4)2(5)6/h6H,4H2,1-3H3;(H,3,4)(H,5,6). The summed E-state index contributed by atoms with van der Waals surface area (Å²) in [5.41, 5.74) is 0. The molecule has 0 rings (SSSR count). The topological polar surface area (TPSA) is 107 Å². The second-order valence-corrected chi connectivity index (χ2v) is 2.43. The van der Waals surface area contributed by atoms with Gasteiger partial charge in [-0.3, -0.25) is 4.79 Å². The number of rotatable bonds is 2. The first-order valence-electron chi connectivity index (χ1n) is 3.63. The molecular formula is C7H14N2O5. The van der Waals surface area contributed by atoms with Crippen LogP contribution in [0.1, 0.15) is 0 Å². The van der Waals surface area contributed by atoms with Crippen LogP contribution < -0.4 is 5.32 Å². The van der Waals surface area contributed by atoms with E-state index < -0.39 is 11.9 Å². The van der Waals surface area contributed by atoms with Gasteiger partial charge in [0.2, 0.25) is 5.91 Å². The van der Waals surface area contributed by atoms with Gasteiger partial charge in [-0.15, -0.1) is 0 Å². The summed E-state index contributed by atoms with van der Waals surface area (Å²) in [6, 6.07) is 0. The Morgan fingerprint density at radius 3 is 1.57 bits per heavy atom. The van der Waals surface area contributed by atoms with Crippen molar-refractivity contribution in [3.05, 3.63) is 0 Å². The van der Waals surface area contributed by atoms with Crippen LogP contribution in [-0.2, 0) is 14.4 Å². The summed E-state index contributed by atoms with van der Waals surface area (Å²) in [5, 5.41) is 17.5. The third kappa shape index (κ3) is 10.4. The minimum Gasteiger partial charge on any atom is -0.473 e. The maximum absolute atomic E-state index is 10.6. The van der Waals surface area contributed by atoms with Crippen molar-refractivity contribution in [3.63, 3.8) is 0 Å². The van der Waals surface area contributed by atoms with Crippen LogP contribution >= 0.6 is 0 Å². The molecule has 0 saturated carbocycles. The molecule has 0 heterocycles. The van der Waals surface area contributed by atoms with Gasteiger partial charge in [-0.1, -0.05) is 0 Å². The number of aliphatic carboxylic acids is 2. The largest absolute Gasteiger partial charge is 0.473 e. The first-order chi connectivity index (χ1) is 6.32. The summed E-state index contributed by atoms with van der Waals surface area (Å²) < 4.78 is 0. The molecule has 7 heteroatoms. The molecule has 0 fully saturated rings. The first-order valence-corrected chi connectivity index (χ1v) is 3.63. The molecule has 0 aliphatic heterocycles. The number of nitrogens with one attached hydrogen (secondary N) is 1. The zero-order chi connectivity index (χ0) is 11.7. The summed E-state index contributed by atoms with van der Waals surface area (Å²) in [4.78, 5) is 30.4. The van der Waals surface area contributed by atoms with Crippen LogP contribution in [0, 0.1) is 0 Å². The Kier molecular flexibility index (Phi) is 8.49. The molecule has 0 aromatic heterocycles. The van der Waals surface area contributed by atoms with E-state index in [-0.39, 0.29) is 5.91 Å². The van der Waals surface area contributed by atoms with Gasteiger partial charge in [0, 0.05) is 14.1 Å². The predicted octanol–water partition coefficient (Wildman–Crippen LogP) is -1.55. The highest BCUT2D eigenvalue weighted by Crippen LogP contribution is 1.72. The maximum Gasteiger partial charge on any atom is 0.414 e. The van der Waals surface area contributed by atoms with Gasteiger partial charge >= 0.3 is 11.9 Å². The van der Waals surface area contributed by atoms with Crippen molar-refractivity contribution < 1.29 is 24.6 Å². The summed E-state index contributed by atoms with van der Waals surface area (Å²) >= 11 is 0. The summed E-state index contributed by atoms with van der Waals surface area (Å²) in [6.07, 6.45) is 0. The van der Waals surface area contributed by atoms with Gasteiger partial charge in [0.05, 0.1) is 6.54 Å². The molecule has 0 spiro atoms. The Hall–Kier alpha value is -1.63. The van der Waals surface area contributed by atoms with Gasteiger partial charge < -0.3 is 20.4 Å². The number of carboxylic acid groups (broad SMARTS) is 2. The molecule has 0 aromatic carbocycles. The number of carbonyl (C=O) groups is 3. The van der Waals surface area contributed by atoms with Crippen molar-refractivity contribution in [1.29, 1.82) is 0 Å². The van der Waals surface area contributed by atoms with Crippen molar-refractivity contribution in [1.82, 2.24) is 10.2 Å². The zero-order valence-electron chi connectivity index (χ0n) is 8.27. The summed E-state index contributed by atoms with van der Waals surface area (Å²) in [7, 11) is 5.22. The lowest BCUT2D eigenvalue weighted by Crippen LogP contribution is -2.30. The highest BCUT2D eigenvalue weighted by molar-refractivity contribution is 6.27. The van der Waals surface area contributed by atoms with Crippen molar-refractivity contribution in [2.45, 2.75) is 0 Å². The van der Waals surface area contributed by atoms with Crippen LogP contribution in [0.2, 0.25) is 0 Å². The molecule has 0 saturated heterocycles. The molecule has 0 aromatic rings. The highest BCUT2D eigenvalue weighted by atomic mass is 16.4. The van der Waals surface area contributed by atoms with Crippen molar-refractivity contribution >= 4 is 17.8 Å². The van der Waals surface area contributed by atoms with Crippen molar-refractivity contribution in [2.75, 3.05) is 27.7 Å². The normalized spacial score (nSPS) is 8.21. The quantitative estimate of drug-likeness (QED) is 0.472. The second kappa shape index (κ2) is 7.99. The zero-order valence-corrected chi connectivity index (χ0v) is 8.27. The van der Waals surface area contributed by atoms with Gasteiger partial charge in [-0.2, -0.15) is 0 Å². The van der Waals surface area contributed by atoms with E-state index in [0.29, 0.717) is 6.54 Å². The summed E-state index contributed by atoms with van der Waals surface area (Å²) in [5.74, 6) is -3.54. The van der Waals surface area contributed by atoms with Crippen LogP contribution in [0.15, 0.2) is 0 Å². The Labute approximate surface area is 81.3 Å². The minimum atomic E-state index is -1.82. The second-order valence-electron chi connectivity index (χ2n) is 2.43. The van der Waals surface area contributed by atoms with Crippen molar-refractivity contribution in [3.8, 4) is 0 Å². The van der Waals surface area contributed by atoms with E-state index in [2.05, 4.69) is 5.32 Å². The van der Waals surface area contributed by atoms with Crippen LogP contribution in [0.3, 0.4) is 0 Å². The lowest BCUT2D eigenvalue weighted by atomic mass is 10.5. The van der Waals surface area contributed by atoms with Gasteiger partial charge in [0.25, 0.3) is 0 Å². The average Bonchev–Trinajstić information content (AvgIpc) is 2.05. The Balaban J connectivity index is 0. The number of hydrogen-bond acceptors (Lipinski definition) is 4. The van der Waals surface area contributed by atoms with Crippen LogP contribution in [0.4, 0.5) is 0 Å². The third-order valence-corrected chi connectivity index (χ3v) is 1.01. The van der Waals surface area contributed by atoms with Gasteiger partial charge in [-0.05, 0) is 7.05 Å². The SMILES string of the molecule is CNCC(=O)N(C)C.O=C(O)C(=O)O. The summed E-state index contributed by atoms with van der Waals surface area (Å²) in [6.45, 7) is 0.424. The number of carbonyl (C=O) groups excluding carboxylic acids is 1. The fourth-order valence-electron chi connectivity index (χ4n) is 0.309. The van der Waals surface area contributed by atoms with E-state index in [0.717, 1.165) is 0 Å². The molecule has 3 N–H and O–H groups in total. The molecule has 0 atom stereocenters. The van der Waals surface area contributed by atoms with Crippen LogP contribution in [-0.4, -0.2) is 60.6 Å². The molecule has 0 unspecified atom stereocenters.